The van der Waals surface area contributed by atoms with Gasteiger partial charge >= 0.3 is 0 Å². The third kappa shape index (κ3) is 5.83. The van der Waals surface area contributed by atoms with Crippen molar-refractivity contribution < 1.29 is 24.1 Å². The number of methoxy groups -OCH3 is 2. The van der Waals surface area contributed by atoms with E-state index >= 15 is 0 Å². The van der Waals surface area contributed by atoms with Gasteiger partial charge in [-0.1, -0.05) is 31.8 Å². The Bertz CT molecular complexity index is 628. The van der Waals surface area contributed by atoms with Gasteiger partial charge in [-0.15, -0.1) is 5.54 Å². The molecule has 1 heterocycles. The average molecular weight is 379 g/mol. The van der Waals surface area contributed by atoms with Crippen molar-refractivity contribution in [2.45, 2.75) is 57.1 Å². The van der Waals surface area contributed by atoms with Crippen molar-refractivity contribution in [1.29, 1.82) is 0 Å². The Morgan fingerprint density at radius 3 is 2.46 bits per heavy atom. The molecular formula is C20H30O5Si. The first-order valence-corrected chi connectivity index (χ1v) is 12.4. The van der Waals surface area contributed by atoms with E-state index in [0.717, 1.165) is 17.7 Å². The van der Waals surface area contributed by atoms with Crippen LogP contribution in [0.3, 0.4) is 0 Å². The highest BCUT2D eigenvalue weighted by atomic mass is 28.3. The molecule has 1 fully saturated rings. The summed E-state index contributed by atoms with van der Waals surface area (Å²) >= 11 is 0. The minimum Gasteiger partial charge on any atom is -0.497 e. The van der Waals surface area contributed by atoms with E-state index in [2.05, 4.69) is 31.1 Å². The van der Waals surface area contributed by atoms with Crippen LogP contribution in [-0.4, -0.2) is 52.0 Å². The van der Waals surface area contributed by atoms with Crippen molar-refractivity contribution in [1.82, 2.24) is 0 Å². The molecule has 0 bridgehead atoms. The molecule has 0 aliphatic carbocycles. The van der Waals surface area contributed by atoms with Crippen LogP contribution < -0.4 is 4.74 Å². The van der Waals surface area contributed by atoms with Crippen molar-refractivity contribution in [3.8, 4) is 17.2 Å². The maximum absolute atomic E-state index is 9.77. The van der Waals surface area contributed by atoms with Crippen LogP contribution in [0.15, 0.2) is 24.3 Å². The third-order valence-corrected chi connectivity index (χ3v) is 5.15. The first-order valence-electron chi connectivity index (χ1n) is 8.93. The van der Waals surface area contributed by atoms with Crippen LogP contribution in [0.2, 0.25) is 19.6 Å². The summed E-state index contributed by atoms with van der Waals surface area (Å²) in [5.74, 6) is 3.05. The Kier molecular flexibility index (Phi) is 7.27. The zero-order valence-electron chi connectivity index (χ0n) is 16.4. The van der Waals surface area contributed by atoms with Gasteiger partial charge in [0.1, 0.15) is 19.9 Å². The van der Waals surface area contributed by atoms with Crippen LogP contribution >= 0.6 is 0 Å². The number of hydrogen-bond acceptors (Lipinski definition) is 5. The first-order chi connectivity index (χ1) is 12.3. The number of hydrogen-bond donors (Lipinski definition) is 1. The molecule has 144 valence electrons. The van der Waals surface area contributed by atoms with Crippen LogP contribution in [0.25, 0.3) is 0 Å². The average Bonchev–Trinajstić information content (AvgIpc) is 2.65. The highest BCUT2D eigenvalue weighted by molar-refractivity contribution is 6.83. The number of rotatable bonds is 6. The van der Waals surface area contributed by atoms with Gasteiger partial charge in [-0.25, -0.2) is 0 Å². The Balaban J connectivity index is 2.00. The minimum atomic E-state index is -1.55. The Hall–Kier alpha value is -1.36. The van der Waals surface area contributed by atoms with Gasteiger partial charge in [0.05, 0.1) is 26.4 Å². The van der Waals surface area contributed by atoms with Gasteiger partial charge in [0, 0.05) is 13.5 Å². The van der Waals surface area contributed by atoms with Crippen molar-refractivity contribution in [2.24, 2.45) is 0 Å². The highest BCUT2D eigenvalue weighted by Gasteiger charge is 2.41. The molecule has 0 radical (unpaired) electrons. The molecule has 0 amide bonds. The Morgan fingerprint density at radius 1 is 1.23 bits per heavy atom. The molecule has 1 aliphatic rings. The van der Waals surface area contributed by atoms with Gasteiger partial charge < -0.3 is 24.1 Å². The van der Waals surface area contributed by atoms with E-state index in [0.29, 0.717) is 13.0 Å². The maximum Gasteiger partial charge on any atom is 0.233 e. The number of aliphatic hydroxyl groups is 1. The summed E-state index contributed by atoms with van der Waals surface area (Å²) < 4.78 is 22.8. The molecule has 1 aliphatic heterocycles. The summed E-state index contributed by atoms with van der Waals surface area (Å²) in [5.41, 5.74) is 4.36. The van der Waals surface area contributed by atoms with Gasteiger partial charge in [-0.2, -0.15) is 0 Å². The monoisotopic (exact) mass is 378 g/mol. The predicted molar refractivity (Wildman–Crippen MR) is 104 cm³/mol. The van der Waals surface area contributed by atoms with Gasteiger partial charge in [-0.05, 0) is 30.0 Å². The molecule has 0 unspecified atom stereocenters. The standard InChI is InChI=1S/C20H30O5Si/c1-22-17-8-6-16(7-9-17)15-24-18-10-11-20(23-2,25-19(18)14-21)12-13-26(3,4)5/h6-9,18-19,21H,10-11,14-15H2,1-5H3/t18-,19+,20+/m0/s1. The van der Waals surface area contributed by atoms with E-state index in [1.54, 1.807) is 14.2 Å². The quantitative estimate of drug-likeness (QED) is 0.609. The lowest BCUT2D eigenvalue weighted by Gasteiger charge is -2.40. The fourth-order valence-electron chi connectivity index (χ4n) is 2.74. The molecule has 0 spiro atoms. The zero-order valence-corrected chi connectivity index (χ0v) is 17.4. The summed E-state index contributed by atoms with van der Waals surface area (Å²) in [5, 5.41) is 9.77. The fourth-order valence-corrected chi connectivity index (χ4v) is 3.31. The number of benzene rings is 1. The Labute approximate surface area is 157 Å². The molecule has 1 saturated heterocycles. The van der Waals surface area contributed by atoms with Crippen LogP contribution in [-0.2, 0) is 20.8 Å². The largest absolute Gasteiger partial charge is 0.497 e. The predicted octanol–water partition coefficient (Wildman–Crippen LogP) is 2.98. The van der Waals surface area contributed by atoms with Gasteiger partial charge in [0.2, 0.25) is 5.79 Å². The second kappa shape index (κ2) is 9.02. The van der Waals surface area contributed by atoms with Crippen molar-refractivity contribution in [3.05, 3.63) is 29.8 Å². The second-order valence-corrected chi connectivity index (χ2v) is 12.3. The smallest absolute Gasteiger partial charge is 0.233 e. The lowest BCUT2D eigenvalue weighted by molar-refractivity contribution is -0.269. The molecule has 0 aromatic heterocycles. The highest BCUT2D eigenvalue weighted by Crippen LogP contribution is 2.31. The van der Waals surface area contributed by atoms with E-state index in [1.807, 2.05) is 24.3 Å². The Morgan fingerprint density at radius 2 is 1.92 bits per heavy atom. The van der Waals surface area contributed by atoms with E-state index in [-0.39, 0.29) is 12.7 Å². The number of ether oxygens (including phenoxy) is 4. The van der Waals surface area contributed by atoms with E-state index in [4.69, 9.17) is 18.9 Å². The normalized spacial score (nSPS) is 26.1. The lowest BCUT2D eigenvalue weighted by atomic mass is 9.98. The topological polar surface area (TPSA) is 57.2 Å². The second-order valence-electron chi connectivity index (χ2n) is 7.53. The zero-order chi connectivity index (χ0) is 19.2. The van der Waals surface area contributed by atoms with Crippen LogP contribution in [0.4, 0.5) is 0 Å². The minimum absolute atomic E-state index is 0.132. The molecule has 1 N–H and O–H groups in total. The van der Waals surface area contributed by atoms with Gasteiger partial charge in [-0.3, -0.25) is 0 Å². The third-order valence-electron chi connectivity index (χ3n) is 4.28. The molecule has 3 atom stereocenters. The summed E-state index contributed by atoms with van der Waals surface area (Å²) in [4.78, 5) is 0. The van der Waals surface area contributed by atoms with Crippen LogP contribution in [0, 0.1) is 11.5 Å². The van der Waals surface area contributed by atoms with Crippen molar-refractivity contribution in [3.63, 3.8) is 0 Å². The van der Waals surface area contributed by atoms with E-state index in [9.17, 15) is 5.11 Å². The first kappa shape index (κ1) is 20.9. The SMILES string of the molecule is COc1ccc(CO[C@H]2CC[C@@](C#C[Si](C)(C)C)(OC)O[C@@H]2CO)cc1. The van der Waals surface area contributed by atoms with Gasteiger partial charge in [0.15, 0.2) is 0 Å². The van der Waals surface area contributed by atoms with Crippen molar-refractivity contribution >= 4 is 8.07 Å². The summed E-state index contributed by atoms with van der Waals surface area (Å²) in [6.45, 7) is 6.85. The maximum atomic E-state index is 9.77. The lowest BCUT2D eigenvalue weighted by Crippen LogP contribution is -2.50. The fraction of sp³-hybridized carbons (Fsp3) is 0.600. The molecule has 6 heteroatoms. The summed E-state index contributed by atoms with van der Waals surface area (Å²) in [6, 6.07) is 7.74. The van der Waals surface area contributed by atoms with E-state index < -0.39 is 20.0 Å². The van der Waals surface area contributed by atoms with Crippen molar-refractivity contribution in [2.75, 3.05) is 20.8 Å². The molecule has 5 nitrogen and oxygen atoms in total. The van der Waals surface area contributed by atoms with Gasteiger partial charge in [0.25, 0.3) is 0 Å². The number of aliphatic hydroxyl groups excluding tert-OH is 1. The van der Waals surface area contributed by atoms with E-state index in [1.165, 1.54) is 0 Å². The summed E-state index contributed by atoms with van der Waals surface area (Å²) in [6.07, 6.45) is 0.678. The molecular weight excluding hydrogens is 348 g/mol. The van der Waals surface area contributed by atoms with Crippen LogP contribution in [0.1, 0.15) is 18.4 Å². The molecule has 0 saturated carbocycles. The summed E-state index contributed by atoms with van der Waals surface area (Å²) in [7, 11) is 1.70. The molecule has 2 rings (SSSR count). The molecule has 1 aromatic rings. The molecule has 1 aromatic carbocycles. The molecule has 26 heavy (non-hydrogen) atoms. The van der Waals surface area contributed by atoms with Crippen LogP contribution in [0.5, 0.6) is 5.75 Å².